The molecule has 0 aliphatic carbocycles. The van der Waals surface area contributed by atoms with E-state index in [0.29, 0.717) is 23.2 Å². The number of aromatic nitrogens is 2. The third-order valence-electron chi connectivity index (χ3n) is 4.22. The summed E-state index contributed by atoms with van der Waals surface area (Å²) >= 11 is 3.22. The summed E-state index contributed by atoms with van der Waals surface area (Å²) in [6, 6.07) is 5.15. The number of nitrogens with zero attached hydrogens (tertiary/aromatic N) is 3. The van der Waals surface area contributed by atoms with E-state index in [9.17, 15) is 9.59 Å². The van der Waals surface area contributed by atoms with E-state index in [2.05, 4.69) is 26.2 Å². The summed E-state index contributed by atoms with van der Waals surface area (Å²) in [5, 5.41) is 2.87. The van der Waals surface area contributed by atoms with Crippen molar-refractivity contribution in [3.8, 4) is 0 Å². The summed E-state index contributed by atoms with van der Waals surface area (Å²) in [4.78, 5) is 30.5. The second-order valence-corrected chi connectivity index (χ2v) is 7.15. The van der Waals surface area contributed by atoms with E-state index in [1.54, 1.807) is 36.6 Å². The summed E-state index contributed by atoms with van der Waals surface area (Å²) < 4.78 is 7.51. The highest BCUT2D eigenvalue weighted by atomic mass is 79.9. The lowest BCUT2D eigenvalue weighted by Crippen LogP contribution is -2.39. The molecule has 1 aliphatic heterocycles. The summed E-state index contributed by atoms with van der Waals surface area (Å²) in [5.74, 6) is 0. The topological polar surface area (TPSA) is 76.5 Å². The summed E-state index contributed by atoms with van der Waals surface area (Å²) in [6.45, 7) is 1.68. The van der Waals surface area contributed by atoms with E-state index < -0.39 is 0 Å². The van der Waals surface area contributed by atoms with Crippen LogP contribution in [0.4, 0.5) is 10.5 Å². The van der Waals surface area contributed by atoms with E-state index in [1.807, 2.05) is 12.1 Å². The van der Waals surface area contributed by atoms with Crippen molar-refractivity contribution in [2.75, 3.05) is 18.5 Å². The predicted molar refractivity (Wildman–Crippen MR) is 102 cm³/mol. The predicted octanol–water partition coefficient (Wildman–Crippen LogP) is 2.76. The molecule has 2 amide bonds. The second kappa shape index (κ2) is 8.46. The van der Waals surface area contributed by atoms with Gasteiger partial charge in [-0.1, -0.05) is 6.07 Å². The van der Waals surface area contributed by atoms with E-state index in [0.717, 1.165) is 25.0 Å². The molecule has 0 unspecified atom stereocenters. The maximum absolute atomic E-state index is 12.8. The Bertz CT molecular complexity index is 793. The lowest BCUT2D eigenvalue weighted by molar-refractivity contribution is 0.0819. The second-order valence-electron chi connectivity index (χ2n) is 6.30. The van der Waals surface area contributed by atoms with Crippen molar-refractivity contribution in [2.24, 2.45) is 7.05 Å². The number of aryl methyl sites for hydroxylation is 1. The zero-order chi connectivity index (χ0) is 18.5. The number of carbonyl (C=O) groups excluding carboxylic acids is 1. The first-order chi connectivity index (χ1) is 12.5. The minimum Gasteiger partial charge on any atom is -0.376 e. The Morgan fingerprint density at radius 3 is 3.04 bits per heavy atom. The minimum absolute atomic E-state index is 0.0456. The molecule has 0 radical (unpaired) electrons. The molecule has 3 rings (SSSR count). The largest absolute Gasteiger partial charge is 0.376 e. The van der Waals surface area contributed by atoms with Crippen LogP contribution < -0.4 is 10.9 Å². The molecule has 7 nitrogen and oxygen atoms in total. The van der Waals surface area contributed by atoms with Gasteiger partial charge < -0.3 is 19.5 Å². The molecule has 138 valence electrons. The van der Waals surface area contributed by atoms with Crippen LogP contribution in [0.1, 0.15) is 18.4 Å². The fourth-order valence-electron chi connectivity index (χ4n) is 2.91. The molecule has 0 saturated carbocycles. The third kappa shape index (κ3) is 4.70. The first-order valence-corrected chi connectivity index (χ1v) is 9.25. The van der Waals surface area contributed by atoms with Crippen LogP contribution in [0.5, 0.6) is 0 Å². The van der Waals surface area contributed by atoms with Crippen molar-refractivity contribution < 1.29 is 9.53 Å². The van der Waals surface area contributed by atoms with Gasteiger partial charge >= 0.3 is 6.03 Å². The van der Waals surface area contributed by atoms with E-state index in [4.69, 9.17) is 4.74 Å². The first-order valence-electron chi connectivity index (χ1n) is 8.45. The number of pyridine rings is 2. The molecule has 26 heavy (non-hydrogen) atoms. The van der Waals surface area contributed by atoms with Crippen LogP contribution in [0.2, 0.25) is 0 Å². The SMILES string of the molecule is Cn1cc(NC(=O)N(Cc2cccnc2)C[C@@H]2CCCO2)cc(Br)c1=O. The van der Waals surface area contributed by atoms with Gasteiger partial charge in [-0.2, -0.15) is 0 Å². The van der Waals surface area contributed by atoms with Crippen molar-refractivity contribution >= 4 is 27.6 Å². The summed E-state index contributed by atoms with van der Waals surface area (Å²) in [7, 11) is 1.64. The Morgan fingerprint density at radius 2 is 2.38 bits per heavy atom. The number of urea groups is 1. The van der Waals surface area contributed by atoms with Crippen LogP contribution in [-0.4, -0.2) is 39.7 Å². The number of hydrogen-bond acceptors (Lipinski definition) is 4. The fraction of sp³-hybridized carbons (Fsp3) is 0.389. The number of ether oxygens (including phenoxy) is 1. The van der Waals surface area contributed by atoms with Crippen LogP contribution in [0.25, 0.3) is 0 Å². The van der Waals surface area contributed by atoms with Crippen LogP contribution >= 0.6 is 15.9 Å². The van der Waals surface area contributed by atoms with Gasteiger partial charge in [0.05, 0.1) is 16.3 Å². The minimum atomic E-state index is -0.241. The normalized spacial score (nSPS) is 16.5. The number of rotatable bonds is 5. The highest BCUT2D eigenvalue weighted by Crippen LogP contribution is 2.17. The number of halogens is 1. The van der Waals surface area contributed by atoms with Gasteiger partial charge in [0.2, 0.25) is 0 Å². The van der Waals surface area contributed by atoms with Crippen LogP contribution in [0.3, 0.4) is 0 Å². The monoisotopic (exact) mass is 420 g/mol. The van der Waals surface area contributed by atoms with E-state index in [1.165, 1.54) is 4.57 Å². The van der Waals surface area contributed by atoms with Gasteiger partial charge in [0.25, 0.3) is 5.56 Å². The molecule has 3 heterocycles. The van der Waals surface area contributed by atoms with Crippen LogP contribution in [0.15, 0.2) is 46.1 Å². The van der Waals surface area contributed by atoms with Gasteiger partial charge in [0.15, 0.2) is 0 Å². The fourth-order valence-corrected chi connectivity index (χ4v) is 3.43. The van der Waals surface area contributed by atoms with Crippen molar-refractivity contribution in [3.05, 3.63) is 57.2 Å². The Balaban J connectivity index is 1.76. The van der Waals surface area contributed by atoms with Gasteiger partial charge in [0.1, 0.15) is 0 Å². The van der Waals surface area contributed by atoms with Crippen molar-refractivity contribution in [1.29, 1.82) is 0 Å². The zero-order valence-electron chi connectivity index (χ0n) is 14.5. The Kier molecular flexibility index (Phi) is 6.05. The molecule has 2 aromatic heterocycles. The van der Waals surface area contributed by atoms with Gasteiger partial charge in [-0.25, -0.2) is 4.79 Å². The smallest absolute Gasteiger partial charge is 0.322 e. The molecule has 8 heteroatoms. The maximum Gasteiger partial charge on any atom is 0.322 e. The molecule has 1 N–H and O–H groups in total. The molecule has 0 spiro atoms. The van der Waals surface area contributed by atoms with Gasteiger partial charge in [0, 0.05) is 45.3 Å². The molecule has 1 saturated heterocycles. The first kappa shape index (κ1) is 18.6. The van der Waals surface area contributed by atoms with E-state index in [-0.39, 0.29) is 17.7 Å². The van der Waals surface area contributed by atoms with Gasteiger partial charge in [-0.05, 0) is 46.5 Å². The quantitative estimate of drug-likeness (QED) is 0.806. The standard InChI is InChI=1S/C18H21BrN4O3/c1-22-11-14(8-16(19)17(22)24)21-18(25)23(12-15-5-3-7-26-15)10-13-4-2-6-20-9-13/h2,4,6,8-9,11,15H,3,5,7,10,12H2,1H3,(H,21,25)/t15-/m0/s1. The molecule has 1 aliphatic rings. The Labute approximate surface area is 160 Å². The number of amides is 2. The molecule has 0 aromatic carbocycles. The lowest BCUT2D eigenvalue weighted by atomic mass is 10.2. The van der Waals surface area contributed by atoms with Gasteiger partial charge in [-0.3, -0.25) is 9.78 Å². The molecule has 0 bridgehead atoms. The molecule has 1 atom stereocenters. The van der Waals surface area contributed by atoms with Crippen LogP contribution in [-0.2, 0) is 18.3 Å². The highest BCUT2D eigenvalue weighted by Gasteiger charge is 2.23. The average molecular weight is 421 g/mol. The number of hydrogen-bond donors (Lipinski definition) is 1. The number of nitrogens with one attached hydrogen (secondary N) is 1. The average Bonchev–Trinajstić information content (AvgIpc) is 3.13. The lowest BCUT2D eigenvalue weighted by Gasteiger charge is -2.26. The zero-order valence-corrected chi connectivity index (χ0v) is 16.1. The van der Waals surface area contributed by atoms with Crippen molar-refractivity contribution in [1.82, 2.24) is 14.5 Å². The molecular weight excluding hydrogens is 400 g/mol. The Morgan fingerprint density at radius 1 is 1.54 bits per heavy atom. The van der Waals surface area contributed by atoms with E-state index >= 15 is 0 Å². The maximum atomic E-state index is 12.8. The Hall–Kier alpha value is -2.19. The third-order valence-corrected chi connectivity index (χ3v) is 4.79. The molecule has 2 aromatic rings. The highest BCUT2D eigenvalue weighted by molar-refractivity contribution is 9.10. The number of carbonyl (C=O) groups is 1. The molecular formula is C18H21BrN4O3. The van der Waals surface area contributed by atoms with Crippen molar-refractivity contribution in [2.45, 2.75) is 25.5 Å². The molecule has 1 fully saturated rings. The number of anilines is 1. The summed E-state index contributed by atoms with van der Waals surface area (Å²) in [6.07, 6.45) is 7.06. The summed E-state index contributed by atoms with van der Waals surface area (Å²) in [5.41, 5.74) is 1.34. The van der Waals surface area contributed by atoms with Gasteiger partial charge in [-0.15, -0.1) is 0 Å². The van der Waals surface area contributed by atoms with Crippen molar-refractivity contribution in [3.63, 3.8) is 0 Å². The van der Waals surface area contributed by atoms with Crippen LogP contribution in [0, 0.1) is 0 Å².